The third-order valence-electron chi connectivity index (χ3n) is 4.10. The van der Waals surface area contributed by atoms with Crippen LogP contribution in [0.1, 0.15) is 11.4 Å². The molecule has 1 aromatic carbocycles. The first-order valence-corrected chi connectivity index (χ1v) is 8.51. The number of hydrogen-bond donors (Lipinski definition) is 3. The average Bonchev–Trinajstić information content (AvgIpc) is 3.39. The van der Waals surface area contributed by atoms with Crippen LogP contribution < -0.4 is 10.6 Å². The molecule has 0 aliphatic heterocycles. The van der Waals surface area contributed by atoms with Crippen LogP contribution in [-0.4, -0.2) is 42.8 Å². The number of rotatable bonds is 5. The van der Waals surface area contributed by atoms with Gasteiger partial charge in [-0.25, -0.2) is 4.98 Å². The summed E-state index contributed by atoms with van der Waals surface area (Å²) in [5.74, 6) is 2.26. The van der Waals surface area contributed by atoms with Crippen LogP contribution in [0.4, 0.5) is 0 Å². The molecular weight excluding hydrogens is 342 g/mol. The number of pyridine rings is 1. The second kappa shape index (κ2) is 7.65. The second-order valence-electron chi connectivity index (χ2n) is 5.86. The average molecular weight is 361 g/mol. The van der Waals surface area contributed by atoms with E-state index in [2.05, 4.69) is 47.1 Å². The fourth-order valence-electron chi connectivity index (χ4n) is 2.75. The van der Waals surface area contributed by atoms with E-state index in [1.54, 1.807) is 7.05 Å². The summed E-state index contributed by atoms with van der Waals surface area (Å²) in [5, 5.41) is 21.7. The Bertz CT molecular complexity index is 1050. The van der Waals surface area contributed by atoms with Gasteiger partial charge in [-0.1, -0.05) is 24.3 Å². The van der Waals surface area contributed by atoms with Crippen LogP contribution >= 0.6 is 0 Å². The Balaban J connectivity index is 1.38. The molecule has 0 saturated heterocycles. The van der Waals surface area contributed by atoms with E-state index < -0.39 is 0 Å². The first-order chi connectivity index (χ1) is 13.3. The number of H-pyrrole nitrogens is 1. The van der Waals surface area contributed by atoms with Crippen LogP contribution in [0.25, 0.3) is 17.0 Å². The molecule has 4 aromatic rings. The summed E-state index contributed by atoms with van der Waals surface area (Å²) in [6.45, 7) is 1.14. The van der Waals surface area contributed by atoms with Crippen molar-refractivity contribution in [1.82, 2.24) is 40.4 Å². The van der Waals surface area contributed by atoms with Crippen LogP contribution in [-0.2, 0) is 13.1 Å². The van der Waals surface area contributed by atoms with Gasteiger partial charge in [-0.05, 0) is 23.8 Å². The van der Waals surface area contributed by atoms with Crippen LogP contribution in [0.5, 0.6) is 0 Å². The second-order valence-corrected chi connectivity index (χ2v) is 5.86. The van der Waals surface area contributed by atoms with Crippen molar-refractivity contribution in [1.29, 1.82) is 0 Å². The minimum Gasteiger partial charge on any atom is -0.352 e. The number of guanidine groups is 1. The largest absolute Gasteiger partial charge is 0.352 e. The quantitative estimate of drug-likeness (QED) is 0.366. The van der Waals surface area contributed by atoms with Crippen molar-refractivity contribution < 1.29 is 0 Å². The molecule has 0 aliphatic carbocycles. The number of aromatic amines is 1. The van der Waals surface area contributed by atoms with Gasteiger partial charge in [0.2, 0.25) is 0 Å². The monoisotopic (exact) mass is 361 g/mol. The lowest BCUT2D eigenvalue weighted by molar-refractivity contribution is 0.762. The van der Waals surface area contributed by atoms with Gasteiger partial charge in [0, 0.05) is 25.4 Å². The van der Waals surface area contributed by atoms with Crippen molar-refractivity contribution in [3.8, 4) is 11.4 Å². The molecule has 4 rings (SSSR count). The summed E-state index contributed by atoms with van der Waals surface area (Å²) in [6, 6.07) is 13.9. The molecule has 0 unspecified atom stereocenters. The van der Waals surface area contributed by atoms with Crippen LogP contribution in [0.2, 0.25) is 0 Å². The van der Waals surface area contributed by atoms with Gasteiger partial charge >= 0.3 is 0 Å². The minimum absolute atomic E-state index is 0.517. The molecule has 0 atom stereocenters. The zero-order valence-corrected chi connectivity index (χ0v) is 14.8. The van der Waals surface area contributed by atoms with E-state index in [-0.39, 0.29) is 0 Å². The van der Waals surface area contributed by atoms with Crippen molar-refractivity contribution in [2.24, 2.45) is 4.99 Å². The van der Waals surface area contributed by atoms with Crippen molar-refractivity contribution in [3.05, 3.63) is 66.4 Å². The summed E-state index contributed by atoms with van der Waals surface area (Å²) in [5.41, 5.74) is 2.92. The van der Waals surface area contributed by atoms with E-state index in [1.807, 2.05) is 47.0 Å². The predicted octanol–water partition coefficient (Wildman–Crippen LogP) is 1.38. The molecule has 27 heavy (non-hydrogen) atoms. The Kier molecular flexibility index (Phi) is 4.73. The maximum absolute atomic E-state index is 4.26. The molecule has 0 amide bonds. The first kappa shape index (κ1) is 16.7. The molecule has 136 valence electrons. The van der Waals surface area contributed by atoms with Crippen molar-refractivity contribution in [2.75, 3.05) is 7.05 Å². The zero-order valence-electron chi connectivity index (χ0n) is 14.8. The normalized spacial score (nSPS) is 11.7. The van der Waals surface area contributed by atoms with Crippen molar-refractivity contribution in [2.45, 2.75) is 13.1 Å². The SMILES string of the molecule is CN=C(NCc1cccc(-c2ncn[nH]2)c1)NCc1nnc2ccccn12. The van der Waals surface area contributed by atoms with Gasteiger partial charge in [-0.2, -0.15) is 5.10 Å². The third-order valence-corrected chi connectivity index (χ3v) is 4.10. The van der Waals surface area contributed by atoms with Gasteiger partial charge in [-0.3, -0.25) is 14.5 Å². The fraction of sp³-hybridized carbons (Fsp3) is 0.167. The molecule has 0 aliphatic rings. The molecular formula is C18H19N9. The molecule has 9 nitrogen and oxygen atoms in total. The van der Waals surface area contributed by atoms with Gasteiger partial charge in [0.05, 0.1) is 6.54 Å². The lowest BCUT2D eigenvalue weighted by Gasteiger charge is -2.11. The Morgan fingerprint density at radius 3 is 2.89 bits per heavy atom. The van der Waals surface area contributed by atoms with Gasteiger partial charge in [0.15, 0.2) is 23.3 Å². The number of aliphatic imine (C=N–C) groups is 1. The molecule has 9 heteroatoms. The summed E-state index contributed by atoms with van der Waals surface area (Å²) >= 11 is 0. The fourth-order valence-corrected chi connectivity index (χ4v) is 2.75. The highest BCUT2D eigenvalue weighted by atomic mass is 15.3. The van der Waals surface area contributed by atoms with Crippen LogP contribution in [0.3, 0.4) is 0 Å². The van der Waals surface area contributed by atoms with E-state index >= 15 is 0 Å². The highest BCUT2D eigenvalue weighted by Crippen LogP contribution is 2.15. The molecule has 0 saturated carbocycles. The Morgan fingerprint density at radius 2 is 2.04 bits per heavy atom. The smallest absolute Gasteiger partial charge is 0.191 e. The van der Waals surface area contributed by atoms with Crippen LogP contribution in [0, 0.1) is 0 Å². The maximum Gasteiger partial charge on any atom is 0.191 e. The molecule has 3 aromatic heterocycles. The molecule has 3 N–H and O–H groups in total. The summed E-state index contributed by atoms with van der Waals surface area (Å²) in [4.78, 5) is 8.45. The van der Waals surface area contributed by atoms with Crippen molar-refractivity contribution >= 4 is 11.6 Å². The number of hydrogen-bond acceptors (Lipinski definition) is 5. The van der Waals surface area contributed by atoms with E-state index in [0.717, 1.165) is 28.4 Å². The number of fused-ring (bicyclic) bond motifs is 1. The summed E-state index contributed by atoms with van der Waals surface area (Å²) in [7, 11) is 1.74. The Hall–Kier alpha value is -3.75. The zero-order chi connectivity index (χ0) is 18.5. The number of nitrogens with zero attached hydrogens (tertiary/aromatic N) is 6. The van der Waals surface area contributed by atoms with E-state index in [4.69, 9.17) is 0 Å². The van der Waals surface area contributed by atoms with Gasteiger partial charge in [-0.15, -0.1) is 10.2 Å². The first-order valence-electron chi connectivity index (χ1n) is 8.51. The standard InChI is InChI=1S/C18H19N9/c1-19-18(21-11-16-25-24-15-7-2-3-8-27(15)16)20-10-13-5-4-6-14(9-13)17-22-12-23-26-17/h2-9,12H,10-11H2,1H3,(H2,19,20,21)(H,22,23,26). The molecule has 0 radical (unpaired) electrons. The Labute approximate surface area is 155 Å². The molecule has 0 fully saturated rings. The summed E-state index contributed by atoms with van der Waals surface area (Å²) < 4.78 is 1.95. The Morgan fingerprint density at radius 1 is 1.11 bits per heavy atom. The number of nitrogens with one attached hydrogen (secondary N) is 3. The minimum atomic E-state index is 0.517. The highest BCUT2D eigenvalue weighted by molar-refractivity contribution is 5.79. The summed E-state index contributed by atoms with van der Waals surface area (Å²) in [6.07, 6.45) is 3.44. The molecule has 0 spiro atoms. The highest BCUT2D eigenvalue weighted by Gasteiger charge is 2.06. The van der Waals surface area contributed by atoms with E-state index in [9.17, 15) is 0 Å². The number of benzene rings is 1. The van der Waals surface area contributed by atoms with Crippen molar-refractivity contribution in [3.63, 3.8) is 0 Å². The van der Waals surface area contributed by atoms with Crippen LogP contribution in [0.15, 0.2) is 60.0 Å². The number of aromatic nitrogens is 6. The third kappa shape index (κ3) is 3.76. The maximum atomic E-state index is 4.26. The van der Waals surface area contributed by atoms with Gasteiger partial charge in [0.25, 0.3) is 0 Å². The van der Waals surface area contributed by atoms with E-state index in [0.29, 0.717) is 19.0 Å². The topological polar surface area (TPSA) is 108 Å². The van der Waals surface area contributed by atoms with Gasteiger partial charge in [0.1, 0.15) is 6.33 Å². The van der Waals surface area contributed by atoms with Gasteiger partial charge < -0.3 is 10.6 Å². The lowest BCUT2D eigenvalue weighted by atomic mass is 10.1. The van der Waals surface area contributed by atoms with E-state index in [1.165, 1.54) is 6.33 Å². The molecule has 0 bridgehead atoms. The predicted molar refractivity (Wildman–Crippen MR) is 102 cm³/mol. The lowest BCUT2D eigenvalue weighted by Crippen LogP contribution is -2.36. The molecule has 3 heterocycles.